The summed E-state index contributed by atoms with van der Waals surface area (Å²) in [6.07, 6.45) is 0. The van der Waals surface area contributed by atoms with Crippen LogP contribution in [0, 0.1) is 13.8 Å². The molecule has 0 bridgehead atoms. The van der Waals surface area contributed by atoms with Gasteiger partial charge < -0.3 is 9.47 Å². The highest BCUT2D eigenvalue weighted by Crippen LogP contribution is 2.29. The summed E-state index contributed by atoms with van der Waals surface area (Å²) in [7, 11) is 0.483. The van der Waals surface area contributed by atoms with Crippen LogP contribution in [-0.4, -0.2) is 35.7 Å². The Morgan fingerprint density at radius 1 is 1.00 bits per heavy atom. The van der Waals surface area contributed by atoms with E-state index in [1.807, 2.05) is 0 Å². The van der Waals surface area contributed by atoms with E-state index in [0.717, 1.165) is 15.4 Å². The number of aryl methyl sites for hydroxylation is 2. The van der Waals surface area contributed by atoms with Crippen molar-refractivity contribution in [3.63, 3.8) is 0 Å². The van der Waals surface area contributed by atoms with Crippen LogP contribution in [0.3, 0.4) is 0 Å². The van der Waals surface area contributed by atoms with Gasteiger partial charge in [0.05, 0.1) is 30.4 Å². The van der Waals surface area contributed by atoms with Crippen LogP contribution >= 0.6 is 0 Å². The van der Waals surface area contributed by atoms with Crippen LogP contribution in [0.2, 0.25) is 0 Å². The molecule has 134 valence electrons. The number of carbonyl (C=O) groups excluding carboxylic acids is 1. The lowest BCUT2D eigenvalue weighted by molar-refractivity contribution is 0.0600. The van der Waals surface area contributed by atoms with Gasteiger partial charge in [0.25, 0.3) is 10.0 Å². The molecule has 25 heavy (non-hydrogen) atoms. The molecular formula is C18H21NO5S. The Morgan fingerprint density at radius 2 is 1.68 bits per heavy atom. The molecule has 0 aromatic heterocycles. The topological polar surface area (TPSA) is 72.9 Å². The van der Waals surface area contributed by atoms with E-state index in [2.05, 4.69) is 0 Å². The Labute approximate surface area is 148 Å². The molecule has 0 aliphatic carbocycles. The molecule has 7 heteroatoms. The molecule has 0 aliphatic heterocycles. The molecule has 2 aromatic rings. The third-order valence-corrected chi connectivity index (χ3v) is 5.76. The molecule has 0 atom stereocenters. The number of hydrogen-bond acceptors (Lipinski definition) is 5. The zero-order valence-corrected chi connectivity index (χ0v) is 15.7. The number of methoxy groups -OCH3 is 2. The van der Waals surface area contributed by atoms with Gasteiger partial charge in [-0.2, -0.15) is 0 Å². The summed E-state index contributed by atoms with van der Waals surface area (Å²) in [4.78, 5) is 11.9. The summed E-state index contributed by atoms with van der Waals surface area (Å²) in [5, 5.41) is 0. The first kappa shape index (κ1) is 18.8. The number of nitrogens with zero attached hydrogens (tertiary/aromatic N) is 1. The van der Waals surface area contributed by atoms with E-state index in [4.69, 9.17) is 9.47 Å². The van der Waals surface area contributed by atoms with E-state index in [-0.39, 0.29) is 10.5 Å². The van der Waals surface area contributed by atoms with E-state index in [0.29, 0.717) is 11.4 Å². The molecule has 0 spiro atoms. The van der Waals surface area contributed by atoms with Crippen LogP contribution in [0.5, 0.6) is 5.75 Å². The molecule has 0 amide bonds. The summed E-state index contributed by atoms with van der Waals surface area (Å²) in [6.45, 7) is 3.56. The molecular weight excluding hydrogens is 342 g/mol. The lowest BCUT2D eigenvalue weighted by Gasteiger charge is -2.22. The number of carbonyl (C=O) groups is 1. The van der Waals surface area contributed by atoms with Crippen LogP contribution in [0.25, 0.3) is 0 Å². The van der Waals surface area contributed by atoms with E-state index in [1.54, 1.807) is 38.1 Å². The Hall–Kier alpha value is -2.54. The molecule has 0 unspecified atom stereocenters. The maximum Gasteiger partial charge on any atom is 0.337 e. The molecule has 0 fully saturated rings. The average molecular weight is 363 g/mol. The molecule has 0 aliphatic rings. The SMILES string of the molecule is COC(=O)c1ccc(C)c(N(C)S(=O)(=O)c2ccc(OC)c(C)c2)c1. The van der Waals surface area contributed by atoms with E-state index in [1.165, 1.54) is 33.4 Å². The second kappa shape index (κ2) is 7.14. The van der Waals surface area contributed by atoms with Crippen LogP contribution in [0.4, 0.5) is 5.69 Å². The second-order valence-electron chi connectivity index (χ2n) is 5.60. The largest absolute Gasteiger partial charge is 0.496 e. The molecule has 2 aromatic carbocycles. The summed E-state index contributed by atoms with van der Waals surface area (Å²) >= 11 is 0. The zero-order valence-electron chi connectivity index (χ0n) is 14.9. The maximum atomic E-state index is 13.0. The molecule has 0 radical (unpaired) electrons. The Bertz CT molecular complexity index is 906. The number of sulfonamides is 1. The highest BCUT2D eigenvalue weighted by atomic mass is 32.2. The highest BCUT2D eigenvalue weighted by molar-refractivity contribution is 7.92. The smallest absolute Gasteiger partial charge is 0.337 e. The fraction of sp³-hybridized carbons (Fsp3) is 0.278. The number of esters is 1. The van der Waals surface area contributed by atoms with E-state index >= 15 is 0 Å². The van der Waals surface area contributed by atoms with Gasteiger partial charge in [-0.1, -0.05) is 6.07 Å². The second-order valence-corrected chi connectivity index (χ2v) is 7.57. The predicted octanol–water partition coefficient (Wildman–Crippen LogP) is 2.92. The Kier molecular flexibility index (Phi) is 5.37. The lowest BCUT2D eigenvalue weighted by atomic mass is 10.1. The van der Waals surface area contributed by atoms with Crippen LogP contribution in [-0.2, 0) is 14.8 Å². The normalized spacial score (nSPS) is 11.1. The number of rotatable bonds is 5. The van der Waals surface area contributed by atoms with Crippen molar-refractivity contribution in [2.45, 2.75) is 18.7 Å². The predicted molar refractivity (Wildman–Crippen MR) is 95.8 cm³/mol. The van der Waals surface area contributed by atoms with Crippen molar-refractivity contribution in [1.29, 1.82) is 0 Å². The van der Waals surface area contributed by atoms with E-state index < -0.39 is 16.0 Å². The van der Waals surface area contributed by atoms with Gasteiger partial charge in [0, 0.05) is 7.05 Å². The summed E-state index contributed by atoms with van der Waals surface area (Å²) in [5.74, 6) is 0.0952. The van der Waals surface area contributed by atoms with Crippen molar-refractivity contribution < 1.29 is 22.7 Å². The molecule has 0 saturated carbocycles. The first-order valence-corrected chi connectivity index (χ1v) is 8.99. The quantitative estimate of drug-likeness (QED) is 0.764. The third-order valence-electron chi connectivity index (χ3n) is 3.99. The first-order valence-electron chi connectivity index (χ1n) is 7.55. The van der Waals surface area contributed by atoms with Crippen molar-refractivity contribution in [3.05, 3.63) is 53.1 Å². The average Bonchev–Trinajstić information content (AvgIpc) is 2.60. The van der Waals surface area contributed by atoms with Crippen LogP contribution in [0.15, 0.2) is 41.3 Å². The summed E-state index contributed by atoms with van der Waals surface area (Å²) in [5.41, 5.74) is 2.15. The summed E-state index contributed by atoms with van der Waals surface area (Å²) in [6, 6.07) is 9.47. The van der Waals surface area contributed by atoms with Crippen LogP contribution < -0.4 is 9.04 Å². The van der Waals surface area contributed by atoms with Crippen molar-refractivity contribution in [2.75, 3.05) is 25.6 Å². The number of ether oxygens (including phenoxy) is 2. The minimum atomic E-state index is -3.79. The molecule has 0 saturated heterocycles. The van der Waals surface area contributed by atoms with Crippen molar-refractivity contribution in [2.24, 2.45) is 0 Å². The number of anilines is 1. The fourth-order valence-electron chi connectivity index (χ4n) is 2.49. The summed E-state index contributed by atoms with van der Waals surface area (Å²) < 4.78 is 36.9. The molecule has 2 rings (SSSR count). The van der Waals surface area contributed by atoms with Gasteiger partial charge >= 0.3 is 5.97 Å². The van der Waals surface area contributed by atoms with Gasteiger partial charge in [-0.15, -0.1) is 0 Å². The minimum absolute atomic E-state index is 0.149. The third kappa shape index (κ3) is 3.61. The molecule has 6 nitrogen and oxygen atoms in total. The van der Waals surface area contributed by atoms with Crippen molar-refractivity contribution in [1.82, 2.24) is 0 Å². The van der Waals surface area contributed by atoms with Crippen molar-refractivity contribution in [3.8, 4) is 5.75 Å². The maximum absolute atomic E-state index is 13.0. The number of hydrogen-bond donors (Lipinski definition) is 0. The van der Waals surface area contributed by atoms with Gasteiger partial charge in [0.2, 0.25) is 0 Å². The first-order chi connectivity index (χ1) is 11.7. The lowest BCUT2D eigenvalue weighted by Crippen LogP contribution is -2.27. The van der Waals surface area contributed by atoms with Crippen LogP contribution in [0.1, 0.15) is 21.5 Å². The van der Waals surface area contributed by atoms with Crippen molar-refractivity contribution >= 4 is 21.7 Å². The zero-order chi connectivity index (χ0) is 18.8. The van der Waals surface area contributed by atoms with Gasteiger partial charge in [0.1, 0.15) is 5.75 Å². The van der Waals surface area contributed by atoms with E-state index in [9.17, 15) is 13.2 Å². The monoisotopic (exact) mass is 363 g/mol. The standard InChI is InChI=1S/C18H21NO5S/c1-12-6-7-14(18(20)24-5)11-16(12)19(3)25(21,22)15-8-9-17(23-4)13(2)10-15/h6-11H,1-5H3. The van der Waals surface area contributed by atoms with Gasteiger partial charge in [-0.3, -0.25) is 4.31 Å². The van der Waals surface area contributed by atoms with Gasteiger partial charge in [-0.25, -0.2) is 13.2 Å². The minimum Gasteiger partial charge on any atom is -0.496 e. The van der Waals surface area contributed by atoms with Gasteiger partial charge in [0.15, 0.2) is 0 Å². The fourth-order valence-corrected chi connectivity index (χ4v) is 3.83. The van der Waals surface area contributed by atoms with Gasteiger partial charge in [-0.05, 0) is 55.3 Å². The molecule has 0 heterocycles. The Morgan fingerprint density at radius 3 is 2.24 bits per heavy atom. The Balaban J connectivity index is 2.50. The highest BCUT2D eigenvalue weighted by Gasteiger charge is 2.24. The molecule has 0 N–H and O–H groups in total. The number of benzene rings is 2.